The van der Waals surface area contributed by atoms with Crippen molar-refractivity contribution in [2.45, 2.75) is 13.0 Å². The van der Waals surface area contributed by atoms with Gasteiger partial charge in [-0.15, -0.1) is 0 Å². The van der Waals surface area contributed by atoms with Gasteiger partial charge in [0, 0.05) is 44.4 Å². The first kappa shape index (κ1) is 20.2. The Kier molecular flexibility index (Phi) is 5.55. The minimum absolute atomic E-state index is 0.0293. The highest BCUT2D eigenvalue weighted by Gasteiger charge is 2.22. The summed E-state index contributed by atoms with van der Waals surface area (Å²) < 4.78 is 3.83. The van der Waals surface area contributed by atoms with Crippen LogP contribution in [0.15, 0.2) is 61.4 Å². The summed E-state index contributed by atoms with van der Waals surface area (Å²) in [5, 5.41) is 3.37. The molecule has 0 radical (unpaired) electrons. The second kappa shape index (κ2) is 8.80. The lowest BCUT2D eigenvalue weighted by atomic mass is 10.3. The van der Waals surface area contributed by atoms with Gasteiger partial charge < -0.3 is 15.1 Å². The summed E-state index contributed by atoms with van der Waals surface area (Å²) in [4.78, 5) is 30.6. The molecule has 1 amide bonds. The van der Waals surface area contributed by atoms with Crippen LogP contribution >= 0.6 is 0 Å². The summed E-state index contributed by atoms with van der Waals surface area (Å²) in [5.74, 6) is 0.670. The Morgan fingerprint density at radius 1 is 1.12 bits per heavy atom. The molecule has 5 rings (SSSR count). The van der Waals surface area contributed by atoms with Crippen LogP contribution in [0.5, 0.6) is 0 Å². The molecule has 1 N–H and O–H groups in total. The van der Waals surface area contributed by atoms with Crippen molar-refractivity contribution in [3.63, 3.8) is 0 Å². The molecule has 0 spiro atoms. The molecule has 9 nitrogen and oxygen atoms in total. The number of hydrogen-bond acceptors (Lipinski definition) is 6. The fraction of sp³-hybridized carbons (Fsp3) is 0.304. The van der Waals surface area contributed by atoms with Gasteiger partial charge in [0.2, 0.25) is 5.95 Å². The number of nitrogens with zero attached hydrogens (tertiary/aromatic N) is 7. The van der Waals surface area contributed by atoms with Gasteiger partial charge in [0.25, 0.3) is 5.91 Å². The van der Waals surface area contributed by atoms with E-state index in [1.165, 1.54) is 0 Å². The zero-order valence-corrected chi connectivity index (χ0v) is 18.1. The first-order chi connectivity index (χ1) is 15.7. The van der Waals surface area contributed by atoms with Gasteiger partial charge in [-0.05, 0) is 44.3 Å². The Morgan fingerprint density at radius 2 is 2.06 bits per heavy atom. The third-order valence-corrected chi connectivity index (χ3v) is 5.77. The minimum Gasteiger partial charge on any atom is -0.378 e. The number of hydrogen-bond donors (Lipinski definition) is 1. The third kappa shape index (κ3) is 4.06. The van der Waals surface area contributed by atoms with E-state index >= 15 is 0 Å². The second-order valence-corrected chi connectivity index (χ2v) is 8.02. The molecular formula is C23H26N8O. The number of fused-ring (bicyclic) bond motifs is 1. The van der Waals surface area contributed by atoms with E-state index < -0.39 is 0 Å². The van der Waals surface area contributed by atoms with Crippen molar-refractivity contribution in [1.82, 2.24) is 33.7 Å². The van der Waals surface area contributed by atoms with E-state index in [0.717, 1.165) is 49.5 Å². The van der Waals surface area contributed by atoms with Crippen LogP contribution in [0, 0.1) is 0 Å². The molecule has 1 saturated heterocycles. The number of pyridine rings is 2. The third-order valence-electron chi connectivity index (χ3n) is 5.77. The van der Waals surface area contributed by atoms with Gasteiger partial charge in [0.15, 0.2) is 0 Å². The predicted octanol–water partition coefficient (Wildman–Crippen LogP) is 2.30. The zero-order chi connectivity index (χ0) is 21.9. The summed E-state index contributed by atoms with van der Waals surface area (Å²) >= 11 is 0. The second-order valence-electron chi connectivity index (χ2n) is 8.02. The Bertz CT molecular complexity index is 1220. The molecule has 0 aromatic carbocycles. The number of carbonyl (C=O) groups excluding carboxylic acids is 1. The standard InChI is InChI=1S/C23H26N8O/c1-28-9-5-10-29(13-12-28)22(32)20-16-30(17-26-20)23-27-19(21-7-2-3-11-31(21)23)15-25-18-6-4-8-24-14-18/h2-4,6-8,11,14,16-17,25H,5,9-10,12-13,15H2,1H3. The van der Waals surface area contributed by atoms with Gasteiger partial charge in [0.1, 0.15) is 12.0 Å². The maximum Gasteiger partial charge on any atom is 0.274 e. The number of nitrogens with one attached hydrogen (secondary N) is 1. The maximum absolute atomic E-state index is 13.0. The van der Waals surface area contributed by atoms with Crippen molar-refractivity contribution in [1.29, 1.82) is 0 Å². The van der Waals surface area contributed by atoms with Crippen LogP contribution in [0.1, 0.15) is 22.6 Å². The molecule has 5 heterocycles. The van der Waals surface area contributed by atoms with Gasteiger partial charge in [-0.1, -0.05) is 6.07 Å². The van der Waals surface area contributed by atoms with Gasteiger partial charge >= 0.3 is 0 Å². The summed E-state index contributed by atoms with van der Waals surface area (Å²) in [6.45, 7) is 3.92. The van der Waals surface area contributed by atoms with Crippen molar-refractivity contribution < 1.29 is 4.79 Å². The fourth-order valence-electron chi connectivity index (χ4n) is 4.00. The lowest BCUT2D eigenvalue weighted by Crippen LogP contribution is -2.34. The van der Waals surface area contributed by atoms with Crippen LogP contribution in [0.2, 0.25) is 0 Å². The number of amides is 1. The number of carbonyl (C=O) groups is 1. The average Bonchev–Trinajstić information content (AvgIpc) is 3.39. The molecular weight excluding hydrogens is 404 g/mol. The molecule has 164 valence electrons. The van der Waals surface area contributed by atoms with Crippen molar-refractivity contribution in [2.75, 3.05) is 38.5 Å². The van der Waals surface area contributed by atoms with E-state index in [1.807, 2.05) is 50.4 Å². The Balaban J connectivity index is 1.40. The van der Waals surface area contributed by atoms with Gasteiger partial charge in [0.05, 0.1) is 23.4 Å². The molecule has 0 unspecified atom stereocenters. The van der Waals surface area contributed by atoms with Crippen molar-refractivity contribution in [2.24, 2.45) is 0 Å². The average molecular weight is 431 g/mol. The van der Waals surface area contributed by atoms with E-state index in [0.29, 0.717) is 18.2 Å². The molecule has 4 aromatic rings. The van der Waals surface area contributed by atoms with Gasteiger partial charge in [-0.3, -0.25) is 18.7 Å². The molecule has 1 aliphatic rings. The van der Waals surface area contributed by atoms with Gasteiger partial charge in [-0.2, -0.15) is 0 Å². The molecule has 9 heteroatoms. The number of imidazole rings is 2. The predicted molar refractivity (Wildman–Crippen MR) is 122 cm³/mol. The van der Waals surface area contributed by atoms with E-state index in [9.17, 15) is 4.79 Å². The maximum atomic E-state index is 13.0. The topological polar surface area (TPSA) is 83.6 Å². The summed E-state index contributed by atoms with van der Waals surface area (Å²) in [7, 11) is 2.09. The van der Waals surface area contributed by atoms with E-state index in [-0.39, 0.29) is 5.91 Å². The van der Waals surface area contributed by atoms with E-state index in [2.05, 4.69) is 27.2 Å². The lowest BCUT2D eigenvalue weighted by Gasteiger charge is -2.19. The molecule has 1 fully saturated rings. The highest BCUT2D eigenvalue weighted by molar-refractivity contribution is 5.92. The SMILES string of the molecule is CN1CCCN(C(=O)c2cn(-c3nc(CNc4cccnc4)c4ccccn34)cn2)CC1. The highest BCUT2D eigenvalue weighted by atomic mass is 16.2. The molecule has 4 aromatic heterocycles. The first-order valence-corrected chi connectivity index (χ1v) is 10.8. The molecule has 0 saturated carbocycles. The molecule has 0 atom stereocenters. The zero-order valence-electron chi connectivity index (χ0n) is 18.1. The molecule has 32 heavy (non-hydrogen) atoms. The summed E-state index contributed by atoms with van der Waals surface area (Å²) in [6.07, 6.45) is 9.91. The van der Waals surface area contributed by atoms with Crippen LogP contribution < -0.4 is 5.32 Å². The van der Waals surface area contributed by atoms with Crippen LogP contribution in [0.25, 0.3) is 11.5 Å². The number of rotatable bonds is 5. The van der Waals surface area contributed by atoms with Crippen molar-refractivity contribution in [3.05, 3.63) is 72.8 Å². The number of aromatic nitrogens is 5. The fourth-order valence-corrected chi connectivity index (χ4v) is 4.00. The first-order valence-electron chi connectivity index (χ1n) is 10.8. The van der Waals surface area contributed by atoms with E-state index in [1.54, 1.807) is 24.9 Å². The Morgan fingerprint density at radius 3 is 2.94 bits per heavy atom. The molecule has 0 bridgehead atoms. The molecule has 1 aliphatic heterocycles. The largest absolute Gasteiger partial charge is 0.378 e. The summed E-state index contributed by atoms with van der Waals surface area (Å²) in [5.41, 5.74) is 3.28. The van der Waals surface area contributed by atoms with Crippen LogP contribution in [0.3, 0.4) is 0 Å². The molecule has 0 aliphatic carbocycles. The van der Waals surface area contributed by atoms with Crippen LogP contribution in [0.4, 0.5) is 5.69 Å². The smallest absolute Gasteiger partial charge is 0.274 e. The van der Waals surface area contributed by atoms with Crippen LogP contribution in [-0.2, 0) is 6.54 Å². The number of anilines is 1. The van der Waals surface area contributed by atoms with Crippen LogP contribution in [-0.4, -0.2) is 72.9 Å². The highest BCUT2D eigenvalue weighted by Crippen LogP contribution is 2.19. The Hall–Kier alpha value is -3.72. The number of likely N-dealkylation sites (N-methyl/N-ethyl adjacent to an activating group) is 1. The quantitative estimate of drug-likeness (QED) is 0.523. The Labute approximate surface area is 186 Å². The van der Waals surface area contributed by atoms with Crippen molar-refractivity contribution in [3.8, 4) is 5.95 Å². The normalized spacial score (nSPS) is 15.1. The van der Waals surface area contributed by atoms with Crippen molar-refractivity contribution >= 4 is 17.1 Å². The minimum atomic E-state index is -0.0293. The lowest BCUT2D eigenvalue weighted by molar-refractivity contribution is 0.0757. The van der Waals surface area contributed by atoms with E-state index in [4.69, 9.17) is 4.98 Å². The van der Waals surface area contributed by atoms with Gasteiger partial charge in [-0.25, -0.2) is 9.97 Å². The monoisotopic (exact) mass is 430 g/mol. The summed E-state index contributed by atoms with van der Waals surface area (Å²) in [6, 6.07) is 9.86.